The number of hydrogen-bond donors (Lipinski definition) is 5. The van der Waals surface area contributed by atoms with Crippen molar-refractivity contribution in [2.45, 2.75) is 123 Å². The van der Waals surface area contributed by atoms with Crippen LogP contribution in [0, 0.1) is 17.3 Å². The summed E-state index contributed by atoms with van der Waals surface area (Å²) in [6, 6.07) is -3.91. The van der Waals surface area contributed by atoms with Crippen molar-refractivity contribution in [3.8, 4) is 0 Å². The summed E-state index contributed by atoms with van der Waals surface area (Å²) in [4.78, 5) is 102. The third-order valence-electron chi connectivity index (χ3n) is 9.68. The van der Waals surface area contributed by atoms with Gasteiger partial charge in [-0.25, -0.2) is 4.98 Å². The van der Waals surface area contributed by atoms with Crippen LogP contribution in [0.15, 0.2) is 18.6 Å². The van der Waals surface area contributed by atoms with Crippen LogP contribution in [-0.2, 0) is 28.8 Å². The lowest BCUT2D eigenvalue weighted by atomic mass is 9.82. The number of nitrogens with zero attached hydrogens (tertiary/aromatic N) is 3. The SMILES string of the molecule is CCCC(NC(=O)[C@@H]1CN(C(C)=O)C[C@@H]1NC(=O)C(NC(=O)[C@@H](NC(=O)c1cnccn1)C1CCCCC1)C(C)(C)C)C(=O)C(=O)NC1CC1. The number of aromatic nitrogens is 2. The largest absolute Gasteiger partial charge is 0.349 e. The van der Waals surface area contributed by atoms with E-state index in [1.807, 2.05) is 6.92 Å². The predicted octanol–water partition coefficient (Wildman–Crippen LogP) is 0.782. The van der Waals surface area contributed by atoms with Crippen molar-refractivity contribution in [3.05, 3.63) is 24.3 Å². The molecule has 1 aromatic rings. The second kappa shape index (κ2) is 17.0. The summed E-state index contributed by atoms with van der Waals surface area (Å²) in [5.41, 5.74) is -0.728. The van der Waals surface area contributed by atoms with Crippen LogP contribution in [0.2, 0.25) is 0 Å². The molecular formula is C35H52N8O7. The third kappa shape index (κ3) is 10.3. The number of likely N-dealkylation sites (tertiary alicyclic amines) is 1. The molecule has 4 rings (SSSR count). The lowest BCUT2D eigenvalue weighted by Gasteiger charge is -2.35. The lowest BCUT2D eigenvalue weighted by molar-refractivity contribution is -0.140. The molecule has 5 N–H and O–H groups in total. The average molecular weight is 697 g/mol. The van der Waals surface area contributed by atoms with Crippen LogP contribution in [0.25, 0.3) is 0 Å². The maximum absolute atomic E-state index is 14.0. The molecule has 2 aliphatic carbocycles. The fourth-order valence-corrected chi connectivity index (χ4v) is 6.62. The summed E-state index contributed by atoms with van der Waals surface area (Å²) in [7, 11) is 0. The van der Waals surface area contributed by atoms with Crippen LogP contribution in [0.5, 0.6) is 0 Å². The zero-order valence-corrected chi connectivity index (χ0v) is 29.8. The number of ketones is 1. The molecule has 2 unspecified atom stereocenters. The van der Waals surface area contributed by atoms with Crippen molar-refractivity contribution in [1.82, 2.24) is 41.5 Å². The Morgan fingerprint density at radius 3 is 2.16 bits per heavy atom. The van der Waals surface area contributed by atoms with Crippen LogP contribution in [0.4, 0.5) is 0 Å². The van der Waals surface area contributed by atoms with Crippen molar-refractivity contribution in [2.24, 2.45) is 17.3 Å². The Balaban J connectivity index is 1.50. The standard InChI is InChI=1S/C35H52N8O7/c1-6-10-24(28(45)33(49)38-22-13-14-22)39-30(46)23-18-43(20(2)44)19-26(23)40-34(50)29(35(3,4)5)42-32(48)27(21-11-8-7-9-12-21)41-31(47)25-17-36-15-16-37-25/h15-17,21-24,26-27,29H,6-14,18-19H2,1-5H3,(H,38,49)(H,39,46)(H,40,50)(H,41,47)(H,42,48)/t23-,24?,26+,27+,29?/m1/s1. The Hall–Kier alpha value is -4.43. The molecule has 6 amide bonds. The summed E-state index contributed by atoms with van der Waals surface area (Å²) in [5, 5.41) is 14.0. The van der Waals surface area contributed by atoms with Gasteiger partial charge in [-0.2, -0.15) is 0 Å². The van der Waals surface area contributed by atoms with Crippen molar-refractivity contribution in [3.63, 3.8) is 0 Å². The summed E-state index contributed by atoms with van der Waals surface area (Å²) in [6.45, 7) is 8.61. The quantitative estimate of drug-likeness (QED) is 0.174. The first-order valence-corrected chi connectivity index (χ1v) is 17.8. The Morgan fingerprint density at radius 2 is 1.58 bits per heavy atom. The monoisotopic (exact) mass is 696 g/mol. The number of amides is 6. The zero-order valence-electron chi connectivity index (χ0n) is 29.8. The third-order valence-corrected chi connectivity index (χ3v) is 9.68. The van der Waals surface area contributed by atoms with E-state index in [9.17, 15) is 33.6 Å². The molecular weight excluding hydrogens is 644 g/mol. The molecule has 1 aliphatic heterocycles. The normalized spacial score (nSPS) is 21.3. The molecule has 50 heavy (non-hydrogen) atoms. The minimum atomic E-state index is -1.08. The molecule has 15 heteroatoms. The first-order chi connectivity index (χ1) is 23.7. The van der Waals surface area contributed by atoms with E-state index < -0.39 is 70.8 Å². The van der Waals surface area contributed by atoms with E-state index >= 15 is 0 Å². The molecule has 274 valence electrons. The Bertz CT molecular complexity index is 1420. The summed E-state index contributed by atoms with van der Waals surface area (Å²) in [5.74, 6) is -5.02. The van der Waals surface area contributed by atoms with Gasteiger partial charge in [0.2, 0.25) is 29.4 Å². The van der Waals surface area contributed by atoms with Crippen molar-refractivity contribution in [1.29, 1.82) is 0 Å². The maximum atomic E-state index is 14.0. The molecule has 0 aromatic carbocycles. The van der Waals surface area contributed by atoms with Crippen molar-refractivity contribution >= 4 is 41.2 Å². The number of carbonyl (C=O) groups is 7. The fraction of sp³-hybridized carbons (Fsp3) is 0.686. The lowest BCUT2D eigenvalue weighted by Crippen LogP contribution is -2.61. The Kier molecular flexibility index (Phi) is 13.0. The van der Waals surface area contributed by atoms with Gasteiger partial charge in [0.25, 0.3) is 11.8 Å². The first-order valence-electron chi connectivity index (χ1n) is 17.8. The number of nitrogens with one attached hydrogen (secondary N) is 5. The number of rotatable bonds is 14. The van der Waals surface area contributed by atoms with Crippen molar-refractivity contribution in [2.75, 3.05) is 13.1 Å². The van der Waals surface area contributed by atoms with E-state index in [-0.39, 0.29) is 43.1 Å². The van der Waals surface area contributed by atoms with Gasteiger partial charge in [-0.05, 0) is 43.4 Å². The zero-order chi connectivity index (χ0) is 36.6. The second-order valence-corrected chi connectivity index (χ2v) is 14.9. The van der Waals surface area contributed by atoms with E-state index in [0.717, 1.165) is 44.9 Å². The van der Waals surface area contributed by atoms with Crippen LogP contribution in [0.1, 0.15) is 103 Å². The van der Waals surface area contributed by atoms with Gasteiger partial charge in [-0.1, -0.05) is 53.4 Å². The maximum Gasteiger partial charge on any atom is 0.289 e. The smallest absolute Gasteiger partial charge is 0.289 e. The van der Waals surface area contributed by atoms with E-state index in [1.165, 1.54) is 30.4 Å². The van der Waals surface area contributed by atoms with Gasteiger partial charge in [0.1, 0.15) is 17.8 Å². The summed E-state index contributed by atoms with van der Waals surface area (Å²) in [6.07, 6.45) is 10.9. The fourth-order valence-electron chi connectivity index (χ4n) is 6.62. The van der Waals surface area contributed by atoms with E-state index in [2.05, 4.69) is 36.6 Å². The minimum absolute atomic E-state index is 0.00186. The van der Waals surface area contributed by atoms with Gasteiger partial charge in [0, 0.05) is 38.4 Å². The van der Waals surface area contributed by atoms with Gasteiger partial charge in [-0.3, -0.25) is 38.5 Å². The van der Waals surface area contributed by atoms with Crippen LogP contribution >= 0.6 is 0 Å². The van der Waals surface area contributed by atoms with Gasteiger partial charge < -0.3 is 31.5 Å². The summed E-state index contributed by atoms with van der Waals surface area (Å²) >= 11 is 0. The highest BCUT2D eigenvalue weighted by Gasteiger charge is 2.44. The van der Waals surface area contributed by atoms with Crippen LogP contribution in [0.3, 0.4) is 0 Å². The van der Waals surface area contributed by atoms with E-state index in [0.29, 0.717) is 6.42 Å². The molecule has 0 spiro atoms. The molecule has 2 saturated carbocycles. The number of carbonyl (C=O) groups excluding carboxylic acids is 7. The molecule has 1 aromatic heterocycles. The highest BCUT2D eigenvalue weighted by molar-refractivity contribution is 6.38. The molecule has 3 aliphatic rings. The van der Waals surface area contributed by atoms with E-state index in [4.69, 9.17) is 0 Å². The highest BCUT2D eigenvalue weighted by Crippen LogP contribution is 2.28. The topological polar surface area (TPSA) is 209 Å². The van der Waals surface area contributed by atoms with Gasteiger partial charge in [0.15, 0.2) is 0 Å². The number of hydrogen-bond acceptors (Lipinski definition) is 9. The Labute approximate surface area is 293 Å². The molecule has 15 nitrogen and oxygen atoms in total. The molecule has 0 radical (unpaired) electrons. The molecule has 0 bridgehead atoms. The van der Waals surface area contributed by atoms with Crippen LogP contribution < -0.4 is 26.6 Å². The molecule has 3 fully saturated rings. The minimum Gasteiger partial charge on any atom is -0.349 e. The highest BCUT2D eigenvalue weighted by atomic mass is 16.2. The number of Topliss-reactive ketones (excluding diaryl/α,β-unsaturated/α-hetero) is 1. The van der Waals surface area contributed by atoms with Gasteiger partial charge in [0.05, 0.1) is 24.2 Å². The first kappa shape index (κ1) is 38.4. The molecule has 1 saturated heterocycles. The van der Waals surface area contributed by atoms with E-state index in [1.54, 1.807) is 20.8 Å². The molecule has 5 atom stereocenters. The van der Waals surface area contributed by atoms with Crippen molar-refractivity contribution < 1.29 is 33.6 Å². The Morgan fingerprint density at radius 1 is 0.880 bits per heavy atom. The van der Waals surface area contributed by atoms with Gasteiger partial charge in [-0.15, -0.1) is 0 Å². The molecule has 2 heterocycles. The average Bonchev–Trinajstić information content (AvgIpc) is 3.80. The predicted molar refractivity (Wildman–Crippen MR) is 182 cm³/mol. The van der Waals surface area contributed by atoms with Gasteiger partial charge >= 0.3 is 0 Å². The summed E-state index contributed by atoms with van der Waals surface area (Å²) < 4.78 is 0. The second-order valence-electron chi connectivity index (χ2n) is 14.9. The van der Waals surface area contributed by atoms with Crippen LogP contribution in [-0.4, -0.2) is 99.4 Å².